The minimum Gasteiger partial charge on any atom is -0.496 e. The molecule has 0 saturated heterocycles. The third kappa shape index (κ3) is 4.62. The molecule has 0 radical (unpaired) electrons. The summed E-state index contributed by atoms with van der Waals surface area (Å²) >= 11 is 0. The van der Waals surface area contributed by atoms with Crippen molar-refractivity contribution in [2.75, 3.05) is 7.11 Å². The Balaban J connectivity index is 2.84. The molecular formula is C14H19NO4. The van der Waals surface area contributed by atoms with Gasteiger partial charge in [0.2, 0.25) is 0 Å². The van der Waals surface area contributed by atoms with Crippen LogP contribution in [0.4, 0.5) is 4.79 Å². The topological polar surface area (TPSA) is 64.6 Å². The highest BCUT2D eigenvalue weighted by atomic mass is 16.6. The third-order valence-electron chi connectivity index (χ3n) is 2.28. The van der Waals surface area contributed by atoms with Crippen molar-refractivity contribution in [2.24, 2.45) is 0 Å². The fourth-order valence-corrected chi connectivity index (χ4v) is 1.54. The quantitative estimate of drug-likeness (QED) is 0.849. The highest BCUT2D eigenvalue weighted by molar-refractivity contribution is 5.75. The minimum atomic E-state index is -0.800. The van der Waals surface area contributed by atoms with E-state index in [0.717, 1.165) is 0 Å². The first-order chi connectivity index (χ1) is 8.87. The second-order valence-electron chi connectivity index (χ2n) is 5.00. The lowest BCUT2D eigenvalue weighted by atomic mass is 10.1. The Kier molecular flexibility index (Phi) is 4.92. The maximum Gasteiger partial charge on any atom is 0.408 e. The Morgan fingerprint density at radius 1 is 1.32 bits per heavy atom. The first-order valence-electron chi connectivity index (χ1n) is 5.95. The van der Waals surface area contributed by atoms with Crippen LogP contribution in [-0.4, -0.2) is 25.1 Å². The summed E-state index contributed by atoms with van der Waals surface area (Å²) in [5.41, 5.74) is -0.0240. The summed E-state index contributed by atoms with van der Waals surface area (Å²) in [6.45, 7) is 5.27. The van der Waals surface area contributed by atoms with Gasteiger partial charge in [-0.05, 0) is 26.8 Å². The van der Waals surface area contributed by atoms with Crippen LogP contribution in [0, 0.1) is 0 Å². The molecule has 1 atom stereocenters. The zero-order valence-electron chi connectivity index (χ0n) is 11.6. The van der Waals surface area contributed by atoms with Crippen molar-refractivity contribution in [1.29, 1.82) is 0 Å². The fraction of sp³-hybridized carbons (Fsp3) is 0.429. The van der Waals surface area contributed by atoms with Gasteiger partial charge in [0.05, 0.1) is 7.11 Å². The molecule has 0 aromatic heterocycles. The van der Waals surface area contributed by atoms with Crippen LogP contribution in [0.5, 0.6) is 5.75 Å². The van der Waals surface area contributed by atoms with E-state index in [-0.39, 0.29) is 0 Å². The second-order valence-corrected chi connectivity index (χ2v) is 5.00. The SMILES string of the molecule is COc1ccccc1C(C=O)NC(=O)OC(C)(C)C. The number of benzene rings is 1. The molecule has 1 aromatic carbocycles. The van der Waals surface area contributed by atoms with Crippen LogP contribution in [0.1, 0.15) is 32.4 Å². The van der Waals surface area contributed by atoms with Crippen molar-refractivity contribution < 1.29 is 19.1 Å². The van der Waals surface area contributed by atoms with Crippen LogP contribution >= 0.6 is 0 Å². The highest BCUT2D eigenvalue weighted by Crippen LogP contribution is 2.23. The second kappa shape index (κ2) is 6.22. The first kappa shape index (κ1) is 15.0. The lowest BCUT2D eigenvalue weighted by Crippen LogP contribution is -2.35. The number of hydrogen-bond donors (Lipinski definition) is 1. The van der Waals surface area contributed by atoms with E-state index in [9.17, 15) is 9.59 Å². The molecule has 0 aliphatic carbocycles. The van der Waals surface area contributed by atoms with Crippen molar-refractivity contribution in [3.63, 3.8) is 0 Å². The van der Waals surface area contributed by atoms with Crippen molar-refractivity contribution in [2.45, 2.75) is 32.4 Å². The number of para-hydroxylation sites is 1. The van der Waals surface area contributed by atoms with E-state index in [1.165, 1.54) is 7.11 Å². The number of carbonyl (C=O) groups is 2. The molecule has 5 heteroatoms. The number of ether oxygens (including phenoxy) is 2. The van der Waals surface area contributed by atoms with Gasteiger partial charge in [0.1, 0.15) is 23.7 Å². The number of hydrogen-bond acceptors (Lipinski definition) is 4. The summed E-state index contributed by atoms with van der Waals surface area (Å²) in [5, 5.41) is 2.51. The minimum absolute atomic E-state index is 0.538. The molecule has 5 nitrogen and oxygen atoms in total. The number of carbonyl (C=O) groups excluding carboxylic acids is 2. The van der Waals surface area contributed by atoms with E-state index in [2.05, 4.69) is 5.32 Å². The standard InChI is InChI=1S/C14H19NO4/c1-14(2,3)19-13(17)15-11(9-16)10-7-5-6-8-12(10)18-4/h5-9,11H,1-4H3,(H,15,17). The maximum absolute atomic E-state index is 11.7. The van der Waals surface area contributed by atoms with Gasteiger partial charge in [-0.3, -0.25) is 0 Å². The lowest BCUT2D eigenvalue weighted by molar-refractivity contribution is -0.109. The first-order valence-corrected chi connectivity index (χ1v) is 5.95. The van der Waals surface area contributed by atoms with Gasteiger partial charge in [0.25, 0.3) is 0 Å². The monoisotopic (exact) mass is 265 g/mol. The van der Waals surface area contributed by atoms with Crippen LogP contribution in [-0.2, 0) is 9.53 Å². The Bertz CT molecular complexity index is 451. The number of aldehydes is 1. The van der Waals surface area contributed by atoms with Gasteiger partial charge < -0.3 is 19.6 Å². The van der Waals surface area contributed by atoms with Crippen molar-refractivity contribution in [3.05, 3.63) is 29.8 Å². The molecule has 1 rings (SSSR count). The molecule has 1 aromatic rings. The Labute approximate surface area is 112 Å². The molecular weight excluding hydrogens is 246 g/mol. The van der Waals surface area contributed by atoms with E-state index in [1.807, 2.05) is 0 Å². The van der Waals surface area contributed by atoms with Gasteiger partial charge in [0.15, 0.2) is 0 Å². The molecule has 19 heavy (non-hydrogen) atoms. The van der Waals surface area contributed by atoms with Crippen LogP contribution < -0.4 is 10.1 Å². The maximum atomic E-state index is 11.7. The average Bonchev–Trinajstić information content (AvgIpc) is 2.33. The van der Waals surface area contributed by atoms with E-state index in [4.69, 9.17) is 9.47 Å². The molecule has 0 saturated carbocycles. The highest BCUT2D eigenvalue weighted by Gasteiger charge is 2.21. The van der Waals surface area contributed by atoms with E-state index in [1.54, 1.807) is 45.0 Å². The van der Waals surface area contributed by atoms with E-state index < -0.39 is 17.7 Å². The molecule has 0 fully saturated rings. The van der Waals surface area contributed by atoms with Crippen LogP contribution in [0.3, 0.4) is 0 Å². The van der Waals surface area contributed by atoms with Crippen LogP contribution in [0.15, 0.2) is 24.3 Å². The molecule has 1 N–H and O–H groups in total. The summed E-state index contributed by atoms with van der Waals surface area (Å²) in [7, 11) is 1.51. The number of alkyl carbamates (subject to hydrolysis) is 1. The summed E-state index contributed by atoms with van der Waals surface area (Å²) in [4.78, 5) is 22.8. The number of nitrogens with one attached hydrogen (secondary N) is 1. The molecule has 0 aliphatic heterocycles. The molecule has 0 heterocycles. The smallest absolute Gasteiger partial charge is 0.408 e. The Morgan fingerprint density at radius 3 is 2.47 bits per heavy atom. The summed E-state index contributed by atoms with van der Waals surface area (Å²) in [6.07, 6.45) is -0.00240. The van der Waals surface area contributed by atoms with Crippen molar-refractivity contribution >= 4 is 12.4 Å². The fourth-order valence-electron chi connectivity index (χ4n) is 1.54. The van der Waals surface area contributed by atoms with Crippen LogP contribution in [0.25, 0.3) is 0 Å². The van der Waals surface area contributed by atoms with Crippen LogP contribution in [0.2, 0.25) is 0 Å². The summed E-state index contributed by atoms with van der Waals surface area (Å²) < 4.78 is 10.3. The molecule has 104 valence electrons. The largest absolute Gasteiger partial charge is 0.496 e. The number of amides is 1. The summed E-state index contributed by atoms with van der Waals surface area (Å²) in [6, 6.07) is 6.20. The van der Waals surface area contributed by atoms with Gasteiger partial charge in [-0.2, -0.15) is 0 Å². The number of rotatable bonds is 4. The van der Waals surface area contributed by atoms with Gasteiger partial charge in [-0.1, -0.05) is 18.2 Å². The van der Waals surface area contributed by atoms with Crippen molar-refractivity contribution in [3.8, 4) is 5.75 Å². The predicted octanol–water partition coefficient (Wildman–Crippen LogP) is 2.46. The normalized spacial score (nSPS) is 12.4. The predicted molar refractivity (Wildman–Crippen MR) is 71.2 cm³/mol. The zero-order chi connectivity index (χ0) is 14.5. The Hall–Kier alpha value is -2.04. The van der Waals surface area contributed by atoms with Gasteiger partial charge >= 0.3 is 6.09 Å². The van der Waals surface area contributed by atoms with Gasteiger partial charge in [-0.25, -0.2) is 4.79 Å². The number of methoxy groups -OCH3 is 1. The average molecular weight is 265 g/mol. The molecule has 0 bridgehead atoms. The third-order valence-corrected chi connectivity index (χ3v) is 2.28. The van der Waals surface area contributed by atoms with E-state index >= 15 is 0 Å². The lowest BCUT2D eigenvalue weighted by Gasteiger charge is -2.22. The Morgan fingerprint density at radius 2 is 1.95 bits per heavy atom. The van der Waals surface area contributed by atoms with Crippen molar-refractivity contribution in [1.82, 2.24) is 5.32 Å². The molecule has 0 aliphatic rings. The zero-order valence-corrected chi connectivity index (χ0v) is 11.6. The molecule has 0 spiro atoms. The van der Waals surface area contributed by atoms with Gasteiger partial charge in [0, 0.05) is 5.56 Å². The van der Waals surface area contributed by atoms with Gasteiger partial charge in [-0.15, -0.1) is 0 Å². The van der Waals surface area contributed by atoms with E-state index in [0.29, 0.717) is 17.6 Å². The summed E-state index contributed by atoms with van der Waals surface area (Å²) in [5.74, 6) is 0.538. The molecule has 1 amide bonds. The molecule has 1 unspecified atom stereocenters.